The van der Waals surface area contributed by atoms with Crippen molar-refractivity contribution in [3.05, 3.63) is 70.8 Å². The lowest BCUT2D eigenvalue weighted by Gasteiger charge is -2.19. The minimum atomic E-state index is -0.886. The highest BCUT2D eigenvalue weighted by atomic mass is 16.5. The van der Waals surface area contributed by atoms with Crippen molar-refractivity contribution in [1.29, 1.82) is 5.26 Å². The number of Topliss-reactive ketones (excluding diaryl/α,β-unsaturated/α-hetero) is 1. The van der Waals surface area contributed by atoms with Crippen molar-refractivity contribution in [2.75, 3.05) is 0 Å². The van der Waals surface area contributed by atoms with Crippen molar-refractivity contribution in [2.24, 2.45) is 0 Å². The zero-order valence-electron chi connectivity index (χ0n) is 14.9. The minimum Gasteiger partial charge on any atom is -0.451 e. The Hall–Kier alpha value is -2.93. The molecule has 0 saturated heterocycles. The number of benzene rings is 2. The average molecular weight is 335 g/mol. The maximum absolute atomic E-state index is 12.5. The molecule has 128 valence electrons. The fourth-order valence-electron chi connectivity index (χ4n) is 2.33. The highest BCUT2D eigenvalue weighted by molar-refractivity contribution is 6.01. The number of esters is 1. The molecule has 0 saturated carbocycles. The first-order valence-electron chi connectivity index (χ1n) is 8.08. The van der Waals surface area contributed by atoms with Gasteiger partial charge >= 0.3 is 5.97 Å². The predicted molar refractivity (Wildman–Crippen MR) is 95.5 cm³/mol. The third kappa shape index (κ3) is 4.54. The van der Waals surface area contributed by atoms with Gasteiger partial charge < -0.3 is 4.74 Å². The summed E-state index contributed by atoms with van der Waals surface area (Å²) in [5.41, 5.74) is 2.41. The van der Waals surface area contributed by atoms with E-state index >= 15 is 0 Å². The zero-order chi connectivity index (χ0) is 18.6. The van der Waals surface area contributed by atoms with Crippen LogP contribution in [0.5, 0.6) is 0 Å². The molecule has 0 fully saturated rings. The minimum absolute atomic E-state index is 0.00918. The van der Waals surface area contributed by atoms with Crippen molar-refractivity contribution in [1.82, 2.24) is 0 Å². The van der Waals surface area contributed by atoms with E-state index in [2.05, 4.69) is 20.8 Å². The summed E-state index contributed by atoms with van der Waals surface area (Å²) in [6, 6.07) is 15.4. The zero-order valence-corrected chi connectivity index (χ0v) is 14.9. The third-order valence-corrected chi connectivity index (χ3v) is 3.94. The van der Waals surface area contributed by atoms with Gasteiger partial charge in [0.15, 0.2) is 6.10 Å². The van der Waals surface area contributed by atoms with Gasteiger partial charge in [0.1, 0.15) is 0 Å². The van der Waals surface area contributed by atoms with Gasteiger partial charge in [-0.1, -0.05) is 45.0 Å². The Morgan fingerprint density at radius 3 is 1.96 bits per heavy atom. The summed E-state index contributed by atoms with van der Waals surface area (Å²) in [4.78, 5) is 24.6. The molecule has 0 heterocycles. The van der Waals surface area contributed by atoms with Gasteiger partial charge in [0.25, 0.3) is 0 Å². The maximum Gasteiger partial charge on any atom is 0.338 e. The van der Waals surface area contributed by atoms with E-state index in [1.807, 2.05) is 18.2 Å². The number of ether oxygens (including phenoxy) is 1. The van der Waals surface area contributed by atoms with Gasteiger partial charge in [-0.3, -0.25) is 4.79 Å². The summed E-state index contributed by atoms with van der Waals surface area (Å²) in [7, 11) is 0. The van der Waals surface area contributed by atoms with Crippen molar-refractivity contribution >= 4 is 11.8 Å². The Bertz CT molecular complexity index is 806. The van der Waals surface area contributed by atoms with Crippen LogP contribution in [0.25, 0.3) is 0 Å². The van der Waals surface area contributed by atoms with Crippen molar-refractivity contribution < 1.29 is 14.3 Å². The van der Waals surface area contributed by atoms with E-state index in [0.29, 0.717) is 16.7 Å². The van der Waals surface area contributed by atoms with E-state index in [-0.39, 0.29) is 11.2 Å². The second-order valence-corrected chi connectivity index (χ2v) is 6.93. The van der Waals surface area contributed by atoms with Crippen LogP contribution < -0.4 is 0 Å². The van der Waals surface area contributed by atoms with Gasteiger partial charge in [0.2, 0.25) is 5.78 Å². The molecule has 0 aliphatic carbocycles. The highest BCUT2D eigenvalue weighted by Gasteiger charge is 2.21. The van der Waals surface area contributed by atoms with E-state index < -0.39 is 12.1 Å². The first-order chi connectivity index (χ1) is 11.7. The van der Waals surface area contributed by atoms with E-state index in [4.69, 9.17) is 10.00 Å². The molecule has 0 radical (unpaired) electrons. The molecule has 0 unspecified atom stereocenters. The second-order valence-electron chi connectivity index (χ2n) is 6.93. The monoisotopic (exact) mass is 335 g/mol. The van der Waals surface area contributed by atoms with Crippen molar-refractivity contribution in [3.8, 4) is 6.07 Å². The number of nitrogens with zero attached hydrogens (tertiary/aromatic N) is 1. The molecule has 0 aliphatic rings. The molecule has 0 bridgehead atoms. The lowest BCUT2D eigenvalue weighted by atomic mass is 9.86. The topological polar surface area (TPSA) is 67.2 Å². The Morgan fingerprint density at radius 1 is 0.960 bits per heavy atom. The lowest BCUT2D eigenvalue weighted by molar-refractivity contribution is 0.0319. The van der Waals surface area contributed by atoms with Gasteiger partial charge in [0, 0.05) is 5.56 Å². The summed E-state index contributed by atoms with van der Waals surface area (Å²) in [6.45, 7) is 7.87. The Labute approximate surface area is 148 Å². The number of carbonyl (C=O) groups is 2. The van der Waals surface area contributed by atoms with Crippen LogP contribution in [0.1, 0.15) is 59.5 Å². The molecule has 0 aromatic heterocycles. The smallest absolute Gasteiger partial charge is 0.338 e. The van der Waals surface area contributed by atoms with Crippen LogP contribution in [-0.2, 0) is 10.2 Å². The van der Waals surface area contributed by atoms with E-state index in [9.17, 15) is 9.59 Å². The molecule has 0 spiro atoms. The van der Waals surface area contributed by atoms with Crippen LogP contribution in [0.2, 0.25) is 0 Å². The number of nitriles is 1. The highest BCUT2D eigenvalue weighted by Crippen LogP contribution is 2.22. The molecule has 25 heavy (non-hydrogen) atoms. The standard InChI is InChI=1S/C21H21NO3/c1-14(25-20(24)17-7-5-15(13-22)6-8-17)19(23)16-9-11-18(12-10-16)21(2,3)4/h5-12,14H,1-4H3/t14-/m0/s1. The molecule has 1 atom stereocenters. The molecule has 2 rings (SSSR count). The largest absolute Gasteiger partial charge is 0.451 e. The number of hydrogen-bond donors (Lipinski definition) is 0. The summed E-state index contributed by atoms with van der Waals surface area (Å²) in [5, 5.41) is 8.77. The van der Waals surface area contributed by atoms with E-state index in [1.165, 1.54) is 24.3 Å². The summed E-state index contributed by atoms with van der Waals surface area (Å²) >= 11 is 0. The second kappa shape index (κ2) is 7.31. The summed E-state index contributed by atoms with van der Waals surface area (Å²) in [5.74, 6) is -0.834. The number of ketones is 1. The Kier molecular flexibility index (Phi) is 5.38. The van der Waals surface area contributed by atoms with Gasteiger partial charge in [-0.15, -0.1) is 0 Å². The van der Waals surface area contributed by atoms with Crippen LogP contribution in [-0.4, -0.2) is 17.9 Å². The van der Waals surface area contributed by atoms with Crippen LogP contribution in [0, 0.1) is 11.3 Å². The van der Waals surface area contributed by atoms with Crippen molar-refractivity contribution in [3.63, 3.8) is 0 Å². The van der Waals surface area contributed by atoms with Crippen LogP contribution in [0.4, 0.5) is 0 Å². The van der Waals surface area contributed by atoms with E-state index in [0.717, 1.165) is 5.56 Å². The SMILES string of the molecule is C[C@H](OC(=O)c1ccc(C#N)cc1)C(=O)c1ccc(C(C)(C)C)cc1. The van der Waals surface area contributed by atoms with E-state index in [1.54, 1.807) is 19.1 Å². The molecule has 2 aromatic rings. The lowest BCUT2D eigenvalue weighted by Crippen LogP contribution is -2.24. The van der Waals surface area contributed by atoms with Gasteiger partial charge in [0.05, 0.1) is 17.2 Å². The molecule has 0 amide bonds. The maximum atomic E-state index is 12.5. The molecule has 0 aliphatic heterocycles. The fraction of sp³-hybridized carbons (Fsp3) is 0.286. The van der Waals surface area contributed by atoms with Gasteiger partial charge in [-0.25, -0.2) is 4.79 Å². The quantitative estimate of drug-likeness (QED) is 0.617. The summed E-state index contributed by atoms with van der Waals surface area (Å²) in [6.07, 6.45) is -0.886. The fourth-order valence-corrected chi connectivity index (χ4v) is 2.33. The first kappa shape index (κ1) is 18.4. The van der Waals surface area contributed by atoms with Gasteiger partial charge in [-0.05, 0) is 42.2 Å². The van der Waals surface area contributed by atoms with Gasteiger partial charge in [-0.2, -0.15) is 5.26 Å². The summed E-state index contributed by atoms with van der Waals surface area (Å²) < 4.78 is 5.25. The van der Waals surface area contributed by atoms with Crippen LogP contribution in [0.15, 0.2) is 48.5 Å². The molecule has 2 aromatic carbocycles. The third-order valence-electron chi connectivity index (χ3n) is 3.94. The number of carbonyl (C=O) groups excluding carboxylic acids is 2. The number of rotatable bonds is 4. The number of hydrogen-bond acceptors (Lipinski definition) is 4. The molecule has 4 nitrogen and oxygen atoms in total. The first-order valence-corrected chi connectivity index (χ1v) is 8.08. The Morgan fingerprint density at radius 2 is 1.48 bits per heavy atom. The molecular weight excluding hydrogens is 314 g/mol. The van der Waals surface area contributed by atoms with Crippen LogP contribution in [0.3, 0.4) is 0 Å². The Balaban J connectivity index is 2.06. The average Bonchev–Trinajstić information content (AvgIpc) is 2.60. The predicted octanol–water partition coefficient (Wildman–Crippen LogP) is 4.28. The van der Waals surface area contributed by atoms with Crippen molar-refractivity contribution in [2.45, 2.75) is 39.2 Å². The van der Waals surface area contributed by atoms with Crippen LogP contribution >= 0.6 is 0 Å². The molecule has 0 N–H and O–H groups in total. The normalized spacial score (nSPS) is 12.1. The molecular formula is C21H21NO3. The molecule has 4 heteroatoms.